The molecular formula is C18H16FeO. The topological polar surface area (TPSA) is 17.1 Å². The van der Waals surface area contributed by atoms with E-state index in [1.807, 2.05) is 0 Å². The molecular weight excluding hydrogens is 288 g/mol. The summed E-state index contributed by atoms with van der Waals surface area (Å²) in [5.41, 5.74) is 1.07. The Labute approximate surface area is 107 Å². The van der Waals surface area contributed by atoms with Crippen LogP contribution in [0.15, 0.2) is 30.3 Å². The fourth-order valence-corrected chi connectivity index (χ4v) is 95.9. The van der Waals surface area contributed by atoms with E-state index in [1.54, 1.807) is 0 Å². The molecule has 0 saturated carbocycles. The normalized spacial score (nSPS) is 106. The predicted octanol–water partition coefficient (Wildman–Crippen LogP) is 5.02. The second-order valence-electron chi connectivity index (χ2n) is 11.8. The van der Waals surface area contributed by atoms with Crippen LogP contribution in [0.2, 0.25) is 47.2 Å². The molecule has 0 aromatic heterocycles. The van der Waals surface area contributed by atoms with Gasteiger partial charge in [-0.3, -0.25) is 0 Å². The van der Waals surface area contributed by atoms with Crippen molar-refractivity contribution >= 4 is 5.78 Å². The number of hydrogen-bond donors (Lipinski definition) is 0. The van der Waals surface area contributed by atoms with Crippen molar-refractivity contribution in [2.75, 3.05) is 0 Å². The molecule has 0 amide bonds. The van der Waals surface area contributed by atoms with E-state index in [2.05, 4.69) is 37.3 Å². The van der Waals surface area contributed by atoms with Crippen LogP contribution in [0.5, 0.6) is 0 Å². The van der Waals surface area contributed by atoms with E-state index in [1.165, 1.54) is 33.7 Å². The molecule has 10 saturated heterocycles. The summed E-state index contributed by atoms with van der Waals surface area (Å²) < 4.78 is 1.02. The van der Waals surface area contributed by atoms with Crippen molar-refractivity contribution in [1.29, 1.82) is 0 Å². The van der Waals surface area contributed by atoms with E-state index < -0.39 is 6.51 Å². The molecule has 1 aromatic rings. The Hall–Kier alpha value is -0.591. The molecule has 5 atom stereocenters. The number of fused-ring (bicyclic) bond motifs is 10. The number of ketones is 1. The number of benzene rings is 1. The summed E-state index contributed by atoms with van der Waals surface area (Å²) in [6.45, 7) is -0.692. The Bertz CT molecular complexity index is 1240. The molecule has 0 aliphatic carbocycles. The van der Waals surface area contributed by atoms with Gasteiger partial charge in [-0.2, -0.15) is 0 Å². The van der Waals surface area contributed by atoms with Crippen LogP contribution >= 0.6 is 0 Å². The molecule has 20 heavy (non-hydrogen) atoms. The van der Waals surface area contributed by atoms with Crippen molar-refractivity contribution in [2.45, 2.75) is 54.1 Å². The van der Waals surface area contributed by atoms with E-state index in [4.69, 9.17) is 0 Å². The number of hydrogen-bond acceptors (Lipinski definition) is 1. The van der Waals surface area contributed by atoms with Crippen molar-refractivity contribution in [1.82, 2.24) is 0 Å². The molecule has 10 aliphatic heterocycles. The van der Waals surface area contributed by atoms with Crippen LogP contribution in [0.4, 0.5) is 0 Å². The Kier molecular flexibility index (Phi) is 0.254. The fourth-order valence-electron chi connectivity index (χ4n) is 19.1. The van der Waals surface area contributed by atoms with Gasteiger partial charge in [0.25, 0.3) is 0 Å². The van der Waals surface area contributed by atoms with E-state index in [-0.39, 0.29) is 0 Å². The first kappa shape index (κ1) is 7.61. The minimum absolute atomic E-state index is 0.355. The summed E-state index contributed by atoms with van der Waals surface area (Å²) in [6, 6.07) is 10.4. The van der Waals surface area contributed by atoms with Gasteiger partial charge in [0.15, 0.2) is 0 Å². The first-order valence-corrected chi connectivity index (χ1v) is 14.5. The molecule has 0 radical (unpaired) electrons. The SMILES string of the molecule is C[C]12[CH]3[CH]4[CH]5[C]1(C(=O)c1ccccc1)[Fe]43521678[CH]2[CH]1[CH]6[CH]7[CH]28. The van der Waals surface area contributed by atoms with E-state index in [9.17, 15) is 4.79 Å². The Morgan fingerprint density at radius 2 is 1.55 bits per heavy atom. The summed E-state index contributed by atoms with van der Waals surface area (Å²) >= 11 is 0. The van der Waals surface area contributed by atoms with Crippen LogP contribution in [0.25, 0.3) is 0 Å². The summed E-state index contributed by atoms with van der Waals surface area (Å²) in [4.78, 5) is 23.3. The van der Waals surface area contributed by atoms with Crippen molar-refractivity contribution in [3.05, 3.63) is 35.9 Å². The third-order valence-electron chi connectivity index (χ3n) is 17.0. The van der Waals surface area contributed by atoms with Crippen LogP contribution < -0.4 is 0 Å². The van der Waals surface area contributed by atoms with Crippen molar-refractivity contribution < 1.29 is 11.3 Å². The molecule has 1 spiro atoms. The number of carbonyl (C=O) groups excluding carboxylic acids is 1. The van der Waals surface area contributed by atoms with Gasteiger partial charge in [-0.05, 0) is 0 Å². The van der Waals surface area contributed by atoms with E-state index in [0.29, 0.717) is 14.4 Å². The summed E-state index contributed by atoms with van der Waals surface area (Å²) in [7, 11) is 0. The molecule has 10 aliphatic rings. The maximum atomic E-state index is 13.6. The first-order chi connectivity index (χ1) is 9.45. The Balaban J connectivity index is 1.47. The average Bonchev–Trinajstić information content (AvgIpc) is 3.42. The van der Waals surface area contributed by atoms with Gasteiger partial charge >= 0.3 is 107 Å². The van der Waals surface area contributed by atoms with E-state index >= 15 is 0 Å². The van der Waals surface area contributed by atoms with Crippen molar-refractivity contribution in [3.8, 4) is 0 Å². The third-order valence-corrected chi connectivity index (χ3v) is 61.1. The van der Waals surface area contributed by atoms with Crippen LogP contribution in [-0.2, 0) is 6.51 Å². The van der Waals surface area contributed by atoms with Crippen LogP contribution in [0.1, 0.15) is 17.3 Å². The first-order valence-electron chi connectivity index (χ1n) is 8.26. The summed E-state index contributed by atoms with van der Waals surface area (Å²) in [6.07, 6.45) is 0. The molecule has 10 fully saturated rings. The molecule has 11 rings (SSSR count). The zero-order valence-electron chi connectivity index (χ0n) is 11.3. The minimum atomic E-state index is -3.35. The zero-order valence-corrected chi connectivity index (χ0v) is 12.4. The molecule has 1 nitrogen and oxygen atoms in total. The van der Waals surface area contributed by atoms with Gasteiger partial charge in [0, 0.05) is 0 Å². The number of rotatable bonds is 2. The molecule has 0 N–H and O–H groups in total. The van der Waals surface area contributed by atoms with Gasteiger partial charge in [0.2, 0.25) is 0 Å². The third kappa shape index (κ3) is 0.0785. The number of Topliss-reactive ketones (excluding diaryl/α,β-unsaturated/α-hetero) is 1. The number of carbonyl (C=O) groups is 1. The fraction of sp³-hybridized carbons (Fsp3) is 0.611. The van der Waals surface area contributed by atoms with Crippen LogP contribution in [-0.4, -0.2) is 5.78 Å². The molecule has 10 heterocycles. The quantitative estimate of drug-likeness (QED) is 0.554. The van der Waals surface area contributed by atoms with Crippen LogP contribution in [0.3, 0.4) is 0 Å². The van der Waals surface area contributed by atoms with Gasteiger partial charge in [-0.15, -0.1) is 0 Å². The second-order valence-corrected chi connectivity index (χ2v) is 35.3. The van der Waals surface area contributed by atoms with Gasteiger partial charge in [-0.1, -0.05) is 0 Å². The Morgan fingerprint density at radius 1 is 0.950 bits per heavy atom. The molecule has 0 bridgehead atoms. The second kappa shape index (κ2) is 0.668. The predicted molar refractivity (Wildman–Crippen MR) is 71.8 cm³/mol. The monoisotopic (exact) mass is 304 g/mol. The van der Waals surface area contributed by atoms with Crippen molar-refractivity contribution in [3.63, 3.8) is 0 Å². The Morgan fingerprint density at radius 3 is 1.90 bits per heavy atom. The molecule has 1 aromatic carbocycles. The van der Waals surface area contributed by atoms with Gasteiger partial charge in [0.1, 0.15) is 0 Å². The van der Waals surface area contributed by atoms with Crippen LogP contribution in [0, 0.1) is 0 Å². The molecule has 102 valence electrons. The molecule has 5 unspecified atom stereocenters. The average molecular weight is 304 g/mol. The standard InChI is InChI=1S/C13H11O.C5H5.Fe/c1-10-6-5-9-12(10)13(14)11-7-3-2-4-8-11;1-2-4-5-3-1;/h2-9H,1H3;1-5H;. The summed E-state index contributed by atoms with van der Waals surface area (Å²) in [5.74, 6) is 0.669. The van der Waals surface area contributed by atoms with Crippen molar-refractivity contribution in [2.24, 2.45) is 0 Å². The van der Waals surface area contributed by atoms with Gasteiger partial charge in [-0.25, -0.2) is 0 Å². The zero-order chi connectivity index (χ0) is 12.6. The van der Waals surface area contributed by atoms with E-state index in [0.717, 1.165) is 10.4 Å². The molecule has 2 heteroatoms. The maximum absolute atomic E-state index is 13.6. The van der Waals surface area contributed by atoms with Gasteiger partial charge < -0.3 is 0 Å². The van der Waals surface area contributed by atoms with Gasteiger partial charge in [0.05, 0.1) is 0 Å². The summed E-state index contributed by atoms with van der Waals surface area (Å²) in [5, 5.41) is 0.